The topological polar surface area (TPSA) is 38.8 Å². The molecule has 21 heavy (non-hydrogen) atoms. The number of ether oxygens (including phenoxy) is 2. The highest BCUT2D eigenvalue weighted by molar-refractivity contribution is 5.97. The van der Waals surface area contributed by atoms with E-state index >= 15 is 0 Å². The van der Waals surface area contributed by atoms with E-state index in [-0.39, 0.29) is 12.0 Å². The van der Waals surface area contributed by atoms with Gasteiger partial charge in [0.05, 0.1) is 18.3 Å². The zero-order valence-electron chi connectivity index (χ0n) is 12.6. The fourth-order valence-corrected chi connectivity index (χ4v) is 2.70. The predicted octanol–water partition coefficient (Wildman–Crippen LogP) is 2.73. The third-order valence-corrected chi connectivity index (χ3v) is 4.11. The van der Waals surface area contributed by atoms with Crippen molar-refractivity contribution in [3.8, 4) is 5.75 Å². The summed E-state index contributed by atoms with van der Waals surface area (Å²) in [6, 6.07) is 7.47. The molecule has 1 saturated carbocycles. The molecule has 0 radical (unpaired) electrons. The normalized spacial score (nSPS) is 21.6. The molecule has 0 unspecified atom stereocenters. The molecular weight excluding hydrogens is 266 g/mol. The number of hydrogen-bond donors (Lipinski definition) is 0. The summed E-state index contributed by atoms with van der Waals surface area (Å²) in [4.78, 5) is 14.5. The first-order chi connectivity index (χ1) is 10.3. The van der Waals surface area contributed by atoms with Crippen LogP contribution >= 0.6 is 0 Å². The second-order valence-corrected chi connectivity index (χ2v) is 5.87. The monoisotopic (exact) mass is 289 g/mol. The SMILES string of the molecule is CCOc1ccccc1C(=O)N1CC[C@@H](OCC2CC2)C1. The maximum absolute atomic E-state index is 12.6. The summed E-state index contributed by atoms with van der Waals surface area (Å²) >= 11 is 0. The Morgan fingerprint density at radius 1 is 1.29 bits per heavy atom. The Morgan fingerprint density at radius 3 is 2.86 bits per heavy atom. The minimum absolute atomic E-state index is 0.0524. The summed E-state index contributed by atoms with van der Waals surface area (Å²) in [5, 5.41) is 0. The molecule has 1 aromatic rings. The van der Waals surface area contributed by atoms with Gasteiger partial charge in [-0.2, -0.15) is 0 Å². The first-order valence-corrected chi connectivity index (χ1v) is 7.90. The molecule has 114 valence electrons. The molecule has 3 rings (SSSR count). The number of para-hydroxylation sites is 1. The molecule has 1 aromatic carbocycles. The van der Waals surface area contributed by atoms with Gasteiger partial charge in [0.25, 0.3) is 5.91 Å². The molecule has 1 aliphatic heterocycles. The Labute approximate surface area is 126 Å². The average Bonchev–Trinajstić information content (AvgIpc) is 3.22. The van der Waals surface area contributed by atoms with Crippen molar-refractivity contribution in [3.63, 3.8) is 0 Å². The summed E-state index contributed by atoms with van der Waals surface area (Å²) in [6.45, 7) is 4.83. The van der Waals surface area contributed by atoms with Gasteiger partial charge in [-0.05, 0) is 44.2 Å². The van der Waals surface area contributed by atoms with Crippen molar-refractivity contribution in [1.29, 1.82) is 0 Å². The highest BCUT2D eigenvalue weighted by Gasteiger charge is 2.30. The second kappa shape index (κ2) is 6.48. The van der Waals surface area contributed by atoms with Crippen LogP contribution in [-0.2, 0) is 4.74 Å². The number of carbonyl (C=O) groups is 1. The van der Waals surface area contributed by atoms with Crippen molar-refractivity contribution >= 4 is 5.91 Å². The summed E-state index contributed by atoms with van der Waals surface area (Å²) in [5.41, 5.74) is 0.655. The average molecular weight is 289 g/mol. The van der Waals surface area contributed by atoms with E-state index in [9.17, 15) is 4.79 Å². The van der Waals surface area contributed by atoms with E-state index in [4.69, 9.17) is 9.47 Å². The van der Waals surface area contributed by atoms with Crippen molar-refractivity contribution in [3.05, 3.63) is 29.8 Å². The van der Waals surface area contributed by atoms with Gasteiger partial charge in [0.1, 0.15) is 5.75 Å². The van der Waals surface area contributed by atoms with Gasteiger partial charge in [0.2, 0.25) is 0 Å². The molecule has 1 aliphatic carbocycles. The summed E-state index contributed by atoms with van der Waals surface area (Å²) in [6.07, 6.45) is 3.75. The lowest BCUT2D eigenvalue weighted by atomic mass is 10.2. The molecule has 4 heteroatoms. The molecular formula is C17H23NO3. The smallest absolute Gasteiger partial charge is 0.257 e. The molecule has 1 amide bonds. The zero-order chi connectivity index (χ0) is 14.7. The van der Waals surface area contributed by atoms with Crippen molar-refractivity contribution in [2.45, 2.75) is 32.3 Å². The molecule has 1 heterocycles. The van der Waals surface area contributed by atoms with Crippen LogP contribution in [0.2, 0.25) is 0 Å². The predicted molar refractivity (Wildman–Crippen MR) is 80.6 cm³/mol. The van der Waals surface area contributed by atoms with Crippen molar-refractivity contribution in [2.24, 2.45) is 5.92 Å². The Hall–Kier alpha value is -1.55. The first-order valence-electron chi connectivity index (χ1n) is 7.90. The molecule has 4 nitrogen and oxygen atoms in total. The fraction of sp³-hybridized carbons (Fsp3) is 0.588. The quantitative estimate of drug-likeness (QED) is 0.808. The molecule has 0 aromatic heterocycles. The zero-order valence-corrected chi connectivity index (χ0v) is 12.6. The number of carbonyl (C=O) groups excluding carboxylic acids is 1. The lowest BCUT2D eigenvalue weighted by molar-refractivity contribution is 0.0479. The van der Waals surface area contributed by atoms with Gasteiger partial charge in [-0.1, -0.05) is 12.1 Å². The van der Waals surface area contributed by atoms with Gasteiger partial charge < -0.3 is 14.4 Å². The van der Waals surface area contributed by atoms with E-state index in [1.165, 1.54) is 12.8 Å². The standard InChI is InChI=1S/C17H23NO3/c1-2-20-16-6-4-3-5-15(16)17(19)18-10-9-14(11-18)21-12-13-7-8-13/h3-6,13-14H,2,7-12H2,1H3/t14-/m1/s1. The molecule has 1 saturated heterocycles. The first kappa shape index (κ1) is 14.4. The van der Waals surface area contributed by atoms with Gasteiger partial charge >= 0.3 is 0 Å². The summed E-state index contributed by atoms with van der Waals surface area (Å²) in [7, 11) is 0. The minimum atomic E-state index is 0.0524. The maximum atomic E-state index is 12.6. The van der Waals surface area contributed by atoms with Crippen LogP contribution in [-0.4, -0.2) is 43.2 Å². The minimum Gasteiger partial charge on any atom is -0.493 e. The molecule has 2 fully saturated rings. The fourth-order valence-electron chi connectivity index (χ4n) is 2.70. The summed E-state index contributed by atoms with van der Waals surface area (Å²) in [5.74, 6) is 1.50. The maximum Gasteiger partial charge on any atom is 0.257 e. The van der Waals surface area contributed by atoms with Crippen LogP contribution in [0.3, 0.4) is 0 Å². The number of nitrogens with zero attached hydrogens (tertiary/aromatic N) is 1. The third-order valence-electron chi connectivity index (χ3n) is 4.11. The Kier molecular flexibility index (Phi) is 4.44. The van der Waals surface area contributed by atoms with Crippen molar-refractivity contribution in [2.75, 3.05) is 26.3 Å². The number of amides is 1. The lowest BCUT2D eigenvalue weighted by Crippen LogP contribution is -2.30. The molecule has 0 bridgehead atoms. The van der Waals surface area contributed by atoms with Crippen LogP contribution in [0.1, 0.15) is 36.5 Å². The van der Waals surface area contributed by atoms with E-state index in [1.54, 1.807) is 0 Å². The van der Waals surface area contributed by atoms with Gasteiger partial charge in [-0.25, -0.2) is 0 Å². The van der Waals surface area contributed by atoms with Gasteiger partial charge in [-0.15, -0.1) is 0 Å². The second-order valence-electron chi connectivity index (χ2n) is 5.87. The van der Waals surface area contributed by atoms with Gasteiger partial charge in [0.15, 0.2) is 0 Å². The molecule has 0 spiro atoms. The molecule has 2 aliphatic rings. The van der Waals surface area contributed by atoms with Crippen LogP contribution in [0.4, 0.5) is 0 Å². The van der Waals surface area contributed by atoms with Crippen LogP contribution < -0.4 is 4.74 Å². The Bertz CT molecular complexity index is 499. The highest BCUT2D eigenvalue weighted by atomic mass is 16.5. The number of hydrogen-bond acceptors (Lipinski definition) is 3. The van der Waals surface area contributed by atoms with Crippen LogP contribution in [0.15, 0.2) is 24.3 Å². The Morgan fingerprint density at radius 2 is 2.10 bits per heavy atom. The molecule has 1 atom stereocenters. The van der Waals surface area contributed by atoms with Crippen LogP contribution in [0.25, 0.3) is 0 Å². The van der Waals surface area contributed by atoms with E-state index in [2.05, 4.69) is 0 Å². The summed E-state index contributed by atoms with van der Waals surface area (Å²) < 4.78 is 11.4. The number of likely N-dealkylation sites (tertiary alicyclic amines) is 1. The largest absolute Gasteiger partial charge is 0.493 e. The number of benzene rings is 1. The van der Waals surface area contributed by atoms with E-state index in [0.29, 0.717) is 24.5 Å². The highest BCUT2D eigenvalue weighted by Crippen LogP contribution is 2.30. The van der Waals surface area contributed by atoms with E-state index < -0.39 is 0 Å². The van der Waals surface area contributed by atoms with Crippen LogP contribution in [0.5, 0.6) is 5.75 Å². The van der Waals surface area contributed by atoms with Crippen molar-refractivity contribution in [1.82, 2.24) is 4.90 Å². The number of rotatable bonds is 6. The van der Waals surface area contributed by atoms with Crippen molar-refractivity contribution < 1.29 is 14.3 Å². The van der Waals surface area contributed by atoms with Crippen LogP contribution in [0, 0.1) is 5.92 Å². The molecule has 0 N–H and O–H groups in total. The van der Waals surface area contributed by atoms with E-state index in [0.717, 1.165) is 25.5 Å². The third kappa shape index (κ3) is 3.56. The lowest BCUT2D eigenvalue weighted by Gasteiger charge is -2.18. The van der Waals surface area contributed by atoms with Gasteiger partial charge in [0, 0.05) is 19.7 Å². The Balaban J connectivity index is 1.60. The van der Waals surface area contributed by atoms with Gasteiger partial charge in [-0.3, -0.25) is 4.79 Å². The van der Waals surface area contributed by atoms with E-state index in [1.807, 2.05) is 36.1 Å².